The maximum absolute atomic E-state index is 12.1. The fraction of sp³-hybridized carbons (Fsp3) is 0.609. The van der Waals surface area contributed by atoms with Crippen molar-refractivity contribution >= 4 is 23.4 Å². The molecule has 0 saturated carbocycles. The van der Waals surface area contributed by atoms with Gasteiger partial charge in [-0.3, -0.25) is 19.3 Å². The van der Waals surface area contributed by atoms with Crippen LogP contribution in [-0.2, 0) is 14.4 Å². The van der Waals surface area contributed by atoms with Crippen molar-refractivity contribution in [1.29, 1.82) is 0 Å². The summed E-state index contributed by atoms with van der Waals surface area (Å²) in [6.07, 6.45) is 9.62. The van der Waals surface area contributed by atoms with E-state index in [4.69, 9.17) is 9.47 Å². The van der Waals surface area contributed by atoms with E-state index in [1.807, 2.05) is 0 Å². The van der Waals surface area contributed by atoms with Gasteiger partial charge < -0.3 is 14.8 Å². The second-order valence-corrected chi connectivity index (χ2v) is 7.63. The summed E-state index contributed by atoms with van der Waals surface area (Å²) in [7, 11) is 3.15. The lowest BCUT2D eigenvalue weighted by Gasteiger charge is -2.13. The number of likely N-dealkylation sites (tertiary alicyclic amines) is 1. The number of imide groups is 1. The topological polar surface area (TPSA) is 84.9 Å². The molecule has 0 atom stereocenters. The van der Waals surface area contributed by atoms with Gasteiger partial charge in [-0.15, -0.1) is 0 Å². The van der Waals surface area contributed by atoms with Crippen LogP contribution in [0.5, 0.6) is 11.5 Å². The minimum atomic E-state index is -0.0190. The summed E-state index contributed by atoms with van der Waals surface area (Å²) in [5, 5.41) is 2.90. The SMILES string of the molecule is COc1ccc(NC(=O)CCCCCCCCCCN2C(=O)CCC2=O)c(OC)c1. The third kappa shape index (κ3) is 7.69. The average molecular weight is 419 g/mol. The number of amides is 3. The molecule has 0 unspecified atom stereocenters. The molecule has 7 nitrogen and oxygen atoms in total. The molecular weight excluding hydrogens is 384 g/mol. The van der Waals surface area contributed by atoms with Gasteiger partial charge in [-0.25, -0.2) is 0 Å². The predicted octanol–water partition coefficient (Wildman–Crippen LogP) is 4.30. The Kier molecular flexibility index (Phi) is 10.2. The molecule has 1 aliphatic rings. The summed E-state index contributed by atoms with van der Waals surface area (Å²) < 4.78 is 10.5. The monoisotopic (exact) mass is 418 g/mol. The minimum Gasteiger partial charge on any atom is -0.497 e. The maximum atomic E-state index is 12.1. The van der Waals surface area contributed by atoms with Crippen molar-refractivity contribution in [2.75, 3.05) is 26.1 Å². The lowest BCUT2D eigenvalue weighted by molar-refractivity contribution is -0.138. The molecule has 1 N–H and O–H groups in total. The lowest BCUT2D eigenvalue weighted by atomic mass is 10.1. The number of rotatable bonds is 14. The van der Waals surface area contributed by atoms with Crippen LogP contribution in [0.25, 0.3) is 0 Å². The van der Waals surface area contributed by atoms with Gasteiger partial charge in [-0.05, 0) is 25.0 Å². The van der Waals surface area contributed by atoms with Crippen LogP contribution in [0.2, 0.25) is 0 Å². The van der Waals surface area contributed by atoms with E-state index < -0.39 is 0 Å². The first-order valence-corrected chi connectivity index (χ1v) is 10.9. The highest BCUT2D eigenvalue weighted by atomic mass is 16.5. The van der Waals surface area contributed by atoms with Crippen LogP contribution in [0.15, 0.2) is 18.2 Å². The van der Waals surface area contributed by atoms with Crippen LogP contribution in [0.3, 0.4) is 0 Å². The Bertz CT molecular complexity index is 704. The highest BCUT2D eigenvalue weighted by Crippen LogP contribution is 2.29. The zero-order chi connectivity index (χ0) is 21.8. The molecular formula is C23H34N2O5. The molecule has 0 aromatic heterocycles. The van der Waals surface area contributed by atoms with Crippen molar-refractivity contribution in [3.05, 3.63) is 18.2 Å². The number of unbranched alkanes of at least 4 members (excludes halogenated alkanes) is 7. The molecule has 1 fully saturated rings. The second-order valence-electron chi connectivity index (χ2n) is 7.63. The third-order valence-corrected chi connectivity index (χ3v) is 5.37. The Labute approximate surface area is 179 Å². The van der Waals surface area contributed by atoms with E-state index in [0.717, 1.165) is 51.4 Å². The summed E-state index contributed by atoms with van der Waals surface area (Å²) in [6.45, 7) is 0.575. The molecule has 0 radical (unpaired) electrons. The van der Waals surface area contributed by atoms with Crippen LogP contribution >= 0.6 is 0 Å². The first kappa shape index (κ1) is 23.7. The van der Waals surface area contributed by atoms with Crippen LogP contribution in [0.4, 0.5) is 5.69 Å². The Morgan fingerprint density at radius 1 is 0.900 bits per heavy atom. The Morgan fingerprint density at radius 2 is 1.50 bits per heavy atom. The van der Waals surface area contributed by atoms with E-state index in [9.17, 15) is 14.4 Å². The van der Waals surface area contributed by atoms with Crippen LogP contribution in [0.1, 0.15) is 70.6 Å². The van der Waals surface area contributed by atoms with E-state index >= 15 is 0 Å². The van der Waals surface area contributed by atoms with E-state index in [0.29, 0.717) is 43.0 Å². The van der Waals surface area contributed by atoms with Crippen molar-refractivity contribution in [1.82, 2.24) is 4.90 Å². The molecule has 2 rings (SSSR count). The minimum absolute atomic E-state index is 0.00975. The summed E-state index contributed by atoms with van der Waals surface area (Å²) >= 11 is 0. The molecule has 0 bridgehead atoms. The molecule has 1 aromatic carbocycles. The molecule has 1 aliphatic heterocycles. The number of carbonyl (C=O) groups is 3. The average Bonchev–Trinajstić information content (AvgIpc) is 3.07. The number of benzene rings is 1. The lowest BCUT2D eigenvalue weighted by Crippen LogP contribution is -2.29. The highest BCUT2D eigenvalue weighted by Gasteiger charge is 2.27. The molecule has 166 valence electrons. The molecule has 0 aliphatic carbocycles. The van der Waals surface area contributed by atoms with Gasteiger partial charge in [0.25, 0.3) is 0 Å². The van der Waals surface area contributed by atoms with Crippen molar-refractivity contribution in [3.63, 3.8) is 0 Å². The Morgan fingerprint density at radius 3 is 2.10 bits per heavy atom. The molecule has 3 amide bonds. The van der Waals surface area contributed by atoms with E-state index in [2.05, 4.69) is 5.32 Å². The number of anilines is 1. The van der Waals surface area contributed by atoms with Crippen molar-refractivity contribution in [3.8, 4) is 11.5 Å². The van der Waals surface area contributed by atoms with Crippen molar-refractivity contribution < 1.29 is 23.9 Å². The Hall–Kier alpha value is -2.57. The fourth-order valence-corrected chi connectivity index (χ4v) is 3.60. The number of hydrogen-bond donors (Lipinski definition) is 1. The number of methoxy groups -OCH3 is 2. The van der Waals surface area contributed by atoms with Gasteiger partial charge in [-0.2, -0.15) is 0 Å². The maximum Gasteiger partial charge on any atom is 0.229 e. The Balaban J connectivity index is 1.48. The van der Waals surface area contributed by atoms with Gasteiger partial charge in [0.15, 0.2) is 0 Å². The summed E-state index contributed by atoms with van der Waals surface area (Å²) in [5.74, 6) is 1.22. The second kappa shape index (κ2) is 12.9. The normalized spacial score (nSPS) is 13.6. The largest absolute Gasteiger partial charge is 0.497 e. The summed E-state index contributed by atoms with van der Waals surface area (Å²) in [4.78, 5) is 36.6. The number of nitrogens with zero attached hydrogens (tertiary/aromatic N) is 1. The van der Waals surface area contributed by atoms with Gasteiger partial charge in [0, 0.05) is 31.9 Å². The number of carbonyl (C=O) groups excluding carboxylic acids is 3. The first-order valence-electron chi connectivity index (χ1n) is 10.9. The standard InChI is InChI=1S/C23H34N2O5/c1-29-18-12-13-19(20(17-18)30-2)24-21(26)11-9-7-5-3-4-6-8-10-16-25-22(27)14-15-23(25)28/h12-13,17H,3-11,14-16H2,1-2H3,(H,24,26). The van der Waals surface area contributed by atoms with Crippen LogP contribution < -0.4 is 14.8 Å². The van der Waals surface area contributed by atoms with E-state index in [1.54, 1.807) is 32.4 Å². The van der Waals surface area contributed by atoms with Gasteiger partial charge in [0.1, 0.15) is 11.5 Å². The third-order valence-electron chi connectivity index (χ3n) is 5.37. The molecule has 1 aromatic rings. The molecule has 1 saturated heterocycles. The number of hydrogen-bond acceptors (Lipinski definition) is 5. The quantitative estimate of drug-likeness (QED) is 0.360. The number of nitrogens with one attached hydrogen (secondary N) is 1. The fourth-order valence-electron chi connectivity index (χ4n) is 3.60. The van der Waals surface area contributed by atoms with Gasteiger partial charge in [0.2, 0.25) is 17.7 Å². The zero-order valence-electron chi connectivity index (χ0n) is 18.2. The van der Waals surface area contributed by atoms with Crippen molar-refractivity contribution in [2.24, 2.45) is 0 Å². The van der Waals surface area contributed by atoms with Gasteiger partial charge >= 0.3 is 0 Å². The summed E-state index contributed by atoms with van der Waals surface area (Å²) in [5.41, 5.74) is 0.653. The summed E-state index contributed by atoms with van der Waals surface area (Å²) in [6, 6.07) is 5.32. The van der Waals surface area contributed by atoms with Crippen molar-refractivity contribution in [2.45, 2.75) is 70.6 Å². The molecule has 7 heteroatoms. The smallest absolute Gasteiger partial charge is 0.229 e. The predicted molar refractivity (Wildman–Crippen MR) is 116 cm³/mol. The molecule has 0 spiro atoms. The zero-order valence-corrected chi connectivity index (χ0v) is 18.2. The van der Waals surface area contributed by atoms with E-state index in [-0.39, 0.29) is 17.7 Å². The van der Waals surface area contributed by atoms with Crippen LogP contribution in [0, 0.1) is 0 Å². The van der Waals surface area contributed by atoms with Gasteiger partial charge in [-0.1, -0.05) is 38.5 Å². The van der Waals surface area contributed by atoms with Gasteiger partial charge in [0.05, 0.1) is 19.9 Å². The first-order chi connectivity index (χ1) is 14.5. The molecule has 1 heterocycles. The van der Waals surface area contributed by atoms with E-state index in [1.165, 1.54) is 4.90 Å². The highest BCUT2D eigenvalue weighted by molar-refractivity contribution is 6.01. The molecule has 30 heavy (non-hydrogen) atoms. The number of ether oxygens (including phenoxy) is 2. The van der Waals surface area contributed by atoms with Crippen LogP contribution in [-0.4, -0.2) is 43.4 Å².